The Hall–Kier alpha value is -3.36. The van der Waals surface area contributed by atoms with Crippen molar-refractivity contribution in [3.05, 3.63) is 95.0 Å². The minimum atomic E-state index is -4.10. The van der Waals surface area contributed by atoms with E-state index in [0.717, 1.165) is 21.9 Å². The molecule has 0 aliphatic heterocycles. The van der Waals surface area contributed by atoms with Gasteiger partial charge in [0.1, 0.15) is 12.6 Å². The Labute approximate surface area is 230 Å². The van der Waals surface area contributed by atoms with Crippen molar-refractivity contribution in [3.8, 4) is 0 Å². The lowest BCUT2D eigenvalue weighted by Gasteiger charge is -2.33. The van der Waals surface area contributed by atoms with Crippen LogP contribution >= 0.6 is 11.6 Å². The summed E-state index contributed by atoms with van der Waals surface area (Å²) in [5.74, 6) is -0.751. The van der Waals surface area contributed by atoms with Gasteiger partial charge in [-0.1, -0.05) is 73.5 Å². The molecule has 0 radical (unpaired) electrons. The molecule has 0 saturated heterocycles. The second kappa shape index (κ2) is 13.4. The zero-order valence-corrected chi connectivity index (χ0v) is 23.5. The minimum absolute atomic E-state index is 0.0562. The quantitative estimate of drug-likeness (QED) is 0.334. The van der Waals surface area contributed by atoms with Gasteiger partial charge in [-0.2, -0.15) is 0 Å². The third-order valence-electron chi connectivity index (χ3n) is 6.10. The number of benzene rings is 3. The maximum absolute atomic E-state index is 14.0. The first-order chi connectivity index (χ1) is 18.2. The summed E-state index contributed by atoms with van der Waals surface area (Å²) in [4.78, 5) is 28.6. The normalized spacial score (nSPS) is 12.0. The number of anilines is 1. The van der Waals surface area contributed by atoms with Crippen LogP contribution in [-0.4, -0.2) is 44.3 Å². The molecule has 3 rings (SSSR count). The third kappa shape index (κ3) is 7.36. The Bertz CT molecular complexity index is 1330. The SMILES string of the molecule is CCCNC(=O)[C@H](CC)N(Cc1cccc(C)c1)C(=O)CN(c1ccc(Cl)cc1)S(=O)(=O)c1ccccc1. The fourth-order valence-electron chi connectivity index (χ4n) is 4.15. The molecule has 0 saturated carbocycles. The van der Waals surface area contributed by atoms with Gasteiger partial charge in [0, 0.05) is 18.1 Å². The van der Waals surface area contributed by atoms with E-state index in [1.54, 1.807) is 42.5 Å². The molecule has 0 aliphatic carbocycles. The summed E-state index contributed by atoms with van der Waals surface area (Å²) in [7, 11) is -4.10. The number of hydrogen-bond acceptors (Lipinski definition) is 4. The first-order valence-electron chi connectivity index (χ1n) is 12.6. The number of halogens is 1. The highest BCUT2D eigenvalue weighted by atomic mass is 35.5. The number of carbonyl (C=O) groups is 2. The van der Waals surface area contributed by atoms with Crippen LogP contribution in [0.2, 0.25) is 5.02 Å². The molecule has 38 heavy (non-hydrogen) atoms. The summed E-state index contributed by atoms with van der Waals surface area (Å²) in [6.45, 7) is 5.91. The fraction of sp³-hybridized carbons (Fsp3) is 0.310. The van der Waals surface area contributed by atoms with Crippen molar-refractivity contribution in [2.75, 3.05) is 17.4 Å². The fourth-order valence-corrected chi connectivity index (χ4v) is 5.71. The molecular formula is C29H34ClN3O4S. The number of sulfonamides is 1. The highest BCUT2D eigenvalue weighted by Gasteiger charge is 2.33. The Morgan fingerprint density at radius 3 is 2.24 bits per heavy atom. The molecule has 0 fully saturated rings. The van der Waals surface area contributed by atoms with E-state index in [1.807, 2.05) is 45.0 Å². The van der Waals surface area contributed by atoms with Crippen LogP contribution in [0.1, 0.15) is 37.8 Å². The van der Waals surface area contributed by atoms with Crippen LogP contribution in [0.15, 0.2) is 83.8 Å². The molecule has 1 N–H and O–H groups in total. The molecule has 0 spiro atoms. The zero-order chi connectivity index (χ0) is 27.7. The number of amides is 2. The molecule has 202 valence electrons. The summed E-state index contributed by atoms with van der Waals surface area (Å²) in [6, 6.07) is 21.2. The van der Waals surface area contributed by atoms with E-state index < -0.39 is 28.5 Å². The molecule has 9 heteroatoms. The van der Waals surface area contributed by atoms with Crippen LogP contribution in [0.5, 0.6) is 0 Å². The Kier molecular flexibility index (Phi) is 10.3. The van der Waals surface area contributed by atoms with Crippen molar-refractivity contribution < 1.29 is 18.0 Å². The summed E-state index contributed by atoms with van der Waals surface area (Å²) >= 11 is 6.06. The summed E-state index contributed by atoms with van der Waals surface area (Å²) in [5, 5.41) is 3.33. The molecule has 0 unspecified atom stereocenters. The lowest BCUT2D eigenvalue weighted by Crippen LogP contribution is -2.52. The Balaban J connectivity index is 2.03. The van der Waals surface area contributed by atoms with Crippen LogP contribution in [0.25, 0.3) is 0 Å². The monoisotopic (exact) mass is 555 g/mol. The summed E-state index contributed by atoms with van der Waals surface area (Å²) in [6.07, 6.45) is 1.13. The van der Waals surface area contributed by atoms with Crippen molar-refractivity contribution in [3.63, 3.8) is 0 Å². The van der Waals surface area contributed by atoms with Gasteiger partial charge in [0.05, 0.1) is 10.6 Å². The second-order valence-corrected chi connectivity index (χ2v) is 11.3. The van der Waals surface area contributed by atoms with Gasteiger partial charge in [0.25, 0.3) is 10.0 Å². The molecule has 0 aliphatic rings. The Morgan fingerprint density at radius 1 is 0.947 bits per heavy atom. The summed E-state index contributed by atoms with van der Waals surface area (Å²) in [5.41, 5.74) is 2.17. The van der Waals surface area contributed by atoms with Gasteiger partial charge in [-0.3, -0.25) is 13.9 Å². The molecule has 2 amide bonds. The molecule has 1 atom stereocenters. The molecule has 7 nitrogen and oxygen atoms in total. The Morgan fingerprint density at radius 2 is 1.63 bits per heavy atom. The standard InChI is InChI=1S/C29H34ClN3O4S/c1-4-18-31-29(35)27(5-2)32(20-23-11-9-10-22(3)19-23)28(34)21-33(25-16-14-24(30)15-17-25)38(36,37)26-12-7-6-8-13-26/h6-17,19,27H,4-5,18,20-21H2,1-3H3,(H,31,35)/t27-/m0/s1. The zero-order valence-electron chi connectivity index (χ0n) is 21.9. The van der Waals surface area contributed by atoms with Crippen molar-refractivity contribution in [1.29, 1.82) is 0 Å². The molecule has 3 aromatic rings. The molecule has 0 aromatic heterocycles. The van der Waals surface area contributed by atoms with Crippen LogP contribution in [-0.2, 0) is 26.2 Å². The minimum Gasteiger partial charge on any atom is -0.354 e. The second-order valence-electron chi connectivity index (χ2n) is 9.03. The van der Waals surface area contributed by atoms with Gasteiger partial charge in [0.2, 0.25) is 11.8 Å². The van der Waals surface area contributed by atoms with Crippen molar-refractivity contribution in [2.45, 2.75) is 51.1 Å². The number of rotatable bonds is 12. The van der Waals surface area contributed by atoms with Crippen molar-refractivity contribution in [2.24, 2.45) is 0 Å². The van der Waals surface area contributed by atoms with E-state index in [9.17, 15) is 18.0 Å². The third-order valence-corrected chi connectivity index (χ3v) is 8.14. The van der Waals surface area contributed by atoms with E-state index in [1.165, 1.54) is 17.0 Å². The average molecular weight is 556 g/mol. The van der Waals surface area contributed by atoms with E-state index in [0.29, 0.717) is 23.7 Å². The summed E-state index contributed by atoms with van der Waals surface area (Å²) < 4.78 is 28.5. The maximum Gasteiger partial charge on any atom is 0.264 e. The highest BCUT2D eigenvalue weighted by molar-refractivity contribution is 7.92. The van der Waals surface area contributed by atoms with Gasteiger partial charge in [-0.25, -0.2) is 8.42 Å². The highest BCUT2D eigenvalue weighted by Crippen LogP contribution is 2.26. The lowest BCUT2D eigenvalue weighted by atomic mass is 10.1. The van der Waals surface area contributed by atoms with Crippen molar-refractivity contribution >= 4 is 39.1 Å². The van der Waals surface area contributed by atoms with Gasteiger partial charge in [0.15, 0.2) is 0 Å². The van der Waals surface area contributed by atoms with E-state index in [4.69, 9.17) is 11.6 Å². The number of nitrogens with one attached hydrogen (secondary N) is 1. The van der Waals surface area contributed by atoms with E-state index >= 15 is 0 Å². The lowest BCUT2D eigenvalue weighted by molar-refractivity contribution is -0.140. The molecule has 0 heterocycles. The van der Waals surface area contributed by atoms with E-state index in [2.05, 4.69) is 5.32 Å². The van der Waals surface area contributed by atoms with Crippen LogP contribution in [0.3, 0.4) is 0 Å². The van der Waals surface area contributed by atoms with Gasteiger partial charge < -0.3 is 10.2 Å². The first kappa shape index (κ1) is 29.2. The maximum atomic E-state index is 14.0. The predicted octanol–water partition coefficient (Wildman–Crippen LogP) is 5.18. The van der Waals surface area contributed by atoms with Crippen LogP contribution in [0, 0.1) is 6.92 Å². The smallest absolute Gasteiger partial charge is 0.264 e. The molecule has 0 bridgehead atoms. The van der Waals surface area contributed by atoms with Crippen molar-refractivity contribution in [1.82, 2.24) is 10.2 Å². The molecule has 3 aromatic carbocycles. The molecular weight excluding hydrogens is 522 g/mol. The number of hydrogen-bond donors (Lipinski definition) is 1. The van der Waals surface area contributed by atoms with E-state index in [-0.39, 0.29) is 17.3 Å². The topological polar surface area (TPSA) is 86.8 Å². The first-order valence-corrected chi connectivity index (χ1v) is 14.4. The number of aryl methyl sites for hydroxylation is 1. The number of nitrogens with zero attached hydrogens (tertiary/aromatic N) is 2. The average Bonchev–Trinajstić information content (AvgIpc) is 2.91. The van der Waals surface area contributed by atoms with Gasteiger partial charge in [-0.15, -0.1) is 0 Å². The number of carbonyl (C=O) groups excluding carboxylic acids is 2. The van der Waals surface area contributed by atoms with Crippen LogP contribution in [0.4, 0.5) is 5.69 Å². The van der Waals surface area contributed by atoms with Crippen LogP contribution < -0.4 is 9.62 Å². The predicted molar refractivity (Wildman–Crippen MR) is 152 cm³/mol. The largest absolute Gasteiger partial charge is 0.354 e. The van der Waals surface area contributed by atoms with Gasteiger partial charge >= 0.3 is 0 Å². The van der Waals surface area contributed by atoms with Gasteiger partial charge in [-0.05, 0) is 61.7 Å².